The molecule has 0 fully saturated rings. The lowest BCUT2D eigenvalue weighted by Gasteiger charge is -2.08. The Morgan fingerprint density at radius 1 is 1.25 bits per heavy atom. The molecule has 2 rings (SSSR count). The minimum Gasteiger partial charge on any atom is -0.326 e. The highest BCUT2D eigenvalue weighted by molar-refractivity contribution is 5.75. The Bertz CT molecular complexity index is 675. The van der Waals surface area contributed by atoms with Crippen LogP contribution >= 0.6 is 0 Å². The molecule has 0 spiro atoms. The maximum Gasteiger partial charge on any atom is 0.258 e. The SMILES string of the molecule is CC(C)Cc1cc(N=O)c(-c2ccc(F)cc2)c(=O)[nH]1. The summed E-state index contributed by atoms with van der Waals surface area (Å²) in [5.41, 5.74) is 1.01. The van der Waals surface area contributed by atoms with E-state index in [0.29, 0.717) is 23.6 Å². The van der Waals surface area contributed by atoms with E-state index in [0.717, 1.165) is 0 Å². The molecule has 0 saturated heterocycles. The molecule has 2 aromatic rings. The zero-order valence-electron chi connectivity index (χ0n) is 11.3. The van der Waals surface area contributed by atoms with Gasteiger partial charge in [-0.3, -0.25) is 4.79 Å². The van der Waals surface area contributed by atoms with E-state index in [4.69, 9.17) is 0 Å². The summed E-state index contributed by atoms with van der Waals surface area (Å²) >= 11 is 0. The van der Waals surface area contributed by atoms with Crippen molar-refractivity contribution in [2.24, 2.45) is 11.1 Å². The second-order valence-corrected chi connectivity index (χ2v) is 5.08. The van der Waals surface area contributed by atoms with Crippen LogP contribution in [-0.4, -0.2) is 4.98 Å². The lowest BCUT2D eigenvalue weighted by molar-refractivity contribution is 0.628. The summed E-state index contributed by atoms with van der Waals surface area (Å²) in [6.45, 7) is 4.03. The van der Waals surface area contributed by atoms with Gasteiger partial charge in [0, 0.05) is 5.69 Å². The molecular weight excluding hydrogens is 259 g/mol. The first-order valence-corrected chi connectivity index (χ1v) is 6.36. The van der Waals surface area contributed by atoms with Crippen LogP contribution in [-0.2, 0) is 6.42 Å². The average molecular weight is 274 g/mol. The van der Waals surface area contributed by atoms with Crippen LogP contribution in [0.15, 0.2) is 40.3 Å². The van der Waals surface area contributed by atoms with Crippen molar-refractivity contribution >= 4 is 5.69 Å². The zero-order valence-corrected chi connectivity index (χ0v) is 11.3. The van der Waals surface area contributed by atoms with Crippen LogP contribution < -0.4 is 5.56 Å². The van der Waals surface area contributed by atoms with Gasteiger partial charge in [0.15, 0.2) is 0 Å². The molecule has 1 aromatic carbocycles. The van der Waals surface area contributed by atoms with E-state index < -0.39 is 5.82 Å². The minimum atomic E-state index is -0.401. The average Bonchev–Trinajstić information content (AvgIpc) is 2.39. The number of hydrogen-bond donors (Lipinski definition) is 1. The highest BCUT2D eigenvalue weighted by Crippen LogP contribution is 2.27. The van der Waals surface area contributed by atoms with Crippen LogP contribution in [0.2, 0.25) is 0 Å². The molecule has 20 heavy (non-hydrogen) atoms. The number of nitroso groups, excluding NO2 is 1. The first-order chi connectivity index (χ1) is 9.51. The summed E-state index contributed by atoms with van der Waals surface area (Å²) in [5.74, 6) is -0.0518. The van der Waals surface area contributed by atoms with Gasteiger partial charge in [0.2, 0.25) is 0 Å². The first kappa shape index (κ1) is 14.1. The third-order valence-corrected chi connectivity index (χ3v) is 2.93. The van der Waals surface area contributed by atoms with Crippen molar-refractivity contribution < 1.29 is 4.39 Å². The van der Waals surface area contributed by atoms with Crippen LogP contribution in [0.5, 0.6) is 0 Å². The van der Waals surface area contributed by atoms with E-state index in [9.17, 15) is 14.1 Å². The summed E-state index contributed by atoms with van der Waals surface area (Å²) in [7, 11) is 0. The van der Waals surface area contributed by atoms with Crippen molar-refractivity contribution in [3.8, 4) is 11.1 Å². The van der Waals surface area contributed by atoms with E-state index in [1.54, 1.807) is 6.07 Å². The van der Waals surface area contributed by atoms with Crippen molar-refractivity contribution in [3.63, 3.8) is 0 Å². The molecular formula is C15H15FN2O2. The zero-order chi connectivity index (χ0) is 14.7. The number of nitrogens with zero attached hydrogens (tertiary/aromatic N) is 1. The Morgan fingerprint density at radius 3 is 2.45 bits per heavy atom. The Balaban J connectivity index is 2.56. The fraction of sp³-hybridized carbons (Fsp3) is 0.267. The molecule has 1 N–H and O–H groups in total. The van der Waals surface area contributed by atoms with E-state index in [1.165, 1.54) is 24.3 Å². The van der Waals surface area contributed by atoms with Gasteiger partial charge in [0.25, 0.3) is 5.56 Å². The van der Waals surface area contributed by atoms with Crippen LogP contribution in [0.1, 0.15) is 19.5 Å². The Labute approximate surface area is 115 Å². The van der Waals surface area contributed by atoms with Gasteiger partial charge >= 0.3 is 0 Å². The van der Waals surface area contributed by atoms with Gasteiger partial charge in [0.1, 0.15) is 11.5 Å². The monoisotopic (exact) mass is 274 g/mol. The lowest BCUT2D eigenvalue weighted by Crippen LogP contribution is -2.13. The molecule has 0 aliphatic carbocycles. The summed E-state index contributed by atoms with van der Waals surface area (Å²) in [6, 6.07) is 6.97. The molecule has 0 bridgehead atoms. The molecule has 104 valence electrons. The third kappa shape index (κ3) is 2.99. The Kier molecular flexibility index (Phi) is 4.08. The van der Waals surface area contributed by atoms with Gasteiger partial charge in [-0.2, -0.15) is 0 Å². The Morgan fingerprint density at radius 2 is 1.90 bits per heavy atom. The van der Waals surface area contributed by atoms with Crippen molar-refractivity contribution in [2.75, 3.05) is 0 Å². The summed E-state index contributed by atoms with van der Waals surface area (Å²) < 4.78 is 12.9. The molecule has 0 saturated carbocycles. The molecule has 0 radical (unpaired) electrons. The number of nitrogens with one attached hydrogen (secondary N) is 1. The summed E-state index contributed by atoms with van der Waals surface area (Å²) in [4.78, 5) is 25.9. The number of pyridine rings is 1. The first-order valence-electron chi connectivity index (χ1n) is 6.36. The summed E-state index contributed by atoms with van der Waals surface area (Å²) in [6.07, 6.45) is 0.654. The molecule has 1 aromatic heterocycles. The van der Waals surface area contributed by atoms with Gasteiger partial charge in [-0.15, -0.1) is 4.91 Å². The van der Waals surface area contributed by atoms with Gasteiger partial charge in [0.05, 0.1) is 5.56 Å². The molecule has 0 amide bonds. The quantitative estimate of drug-likeness (QED) is 0.862. The van der Waals surface area contributed by atoms with Crippen LogP contribution in [0.3, 0.4) is 0 Å². The molecule has 4 nitrogen and oxygen atoms in total. The molecule has 5 heteroatoms. The number of H-pyrrole nitrogens is 1. The fourth-order valence-electron chi connectivity index (χ4n) is 2.12. The number of hydrogen-bond acceptors (Lipinski definition) is 3. The molecule has 0 unspecified atom stereocenters. The lowest BCUT2D eigenvalue weighted by atomic mass is 10.0. The van der Waals surface area contributed by atoms with Crippen molar-refractivity contribution in [3.05, 3.63) is 57.1 Å². The van der Waals surface area contributed by atoms with Gasteiger partial charge in [-0.25, -0.2) is 4.39 Å². The highest BCUT2D eigenvalue weighted by atomic mass is 19.1. The van der Waals surface area contributed by atoms with Crippen LogP contribution in [0, 0.1) is 16.6 Å². The topological polar surface area (TPSA) is 62.3 Å². The van der Waals surface area contributed by atoms with Gasteiger partial charge in [-0.1, -0.05) is 26.0 Å². The largest absolute Gasteiger partial charge is 0.326 e. The van der Waals surface area contributed by atoms with Crippen molar-refractivity contribution in [1.29, 1.82) is 0 Å². The van der Waals surface area contributed by atoms with E-state index >= 15 is 0 Å². The smallest absolute Gasteiger partial charge is 0.258 e. The minimum absolute atomic E-state index is 0.0796. The number of rotatable bonds is 4. The second-order valence-electron chi connectivity index (χ2n) is 5.08. The number of aromatic nitrogens is 1. The van der Waals surface area contributed by atoms with Crippen LogP contribution in [0.4, 0.5) is 10.1 Å². The molecule has 0 atom stereocenters. The Hall–Kier alpha value is -2.30. The van der Waals surface area contributed by atoms with Crippen LogP contribution in [0.25, 0.3) is 11.1 Å². The standard InChI is InChI=1S/C15H15FN2O2/c1-9(2)7-12-8-13(18-20)14(15(19)17-12)10-3-5-11(16)6-4-10/h3-6,8-9H,7H2,1-2H3,(H,17,19). The fourth-order valence-corrected chi connectivity index (χ4v) is 2.12. The molecule has 0 aliphatic rings. The summed E-state index contributed by atoms with van der Waals surface area (Å²) in [5, 5.41) is 2.93. The van der Waals surface area contributed by atoms with Crippen molar-refractivity contribution in [2.45, 2.75) is 20.3 Å². The third-order valence-electron chi connectivity index (χ3n) is 2.93. The predicted molar refractivity (Wildman–Crippen MR) is 76.5 cm³/mol. The predicted octanol–water partition coefficient (Wildman–Crippen LogP) is 3.78. The van der Waals surface area contributed by atoms with Gasteiger partial charge in [-0.05, 0) is 41.3 Å². The molecule has 0 aliphatic heterocycles. The maximum atomic E-state index is 12.9. The number of aromatic amines is 1. The maximum absolute atomic E-state index is 12.9. The number of halogens is 1. The second kappa shape index (κ2) is 5.77. The van der Waals surface area contributed by atoms with Crippen molar-refractivity contribution in [1.82, 2.24) is 4.98 Å². The highest BCUT2D eigenvalue weighted by Gasteiger charge is 2.13. The van der Waals surface area contributed by atoms with E-state index in [1.807, 2.05) is 13.8 Å². The van der Waals surface area contributed by atoms with Gasteiger partial charge < -0.3 is 4.98 Å². The van der Waals surface area contributed by atoms with E-state index in [-0.39, 0.29) is 16.8 Å². The number of benzene rings is 1. The van der Waals surface area contributed by atoms with E-state index in [2.05, 4.69) is 10.2 Å². The molecule has 1 heterocycles. The normalized spacial score (nSPS) is 10.8.